The van der Waals surface area contributed by atoms with Crippen LogP contribution in [-0.2, 0) is 22.6 Å². The van der Waals surface area contributed by atoms with E-state index in [0.29, 0.717) is 37.6 Å². The van der Waals surface area contributed by atoms with E-state index in [2.05, 4.69) is 15.3 Å². The number of aromatic hydroxyl groups is 1. The molecule has 2 saturated heterocycles. The van der Waals surface area contributed by atoms with Gasteiger partial charge in [-0.3, -0.25) is 14.5 Å². The number of aromatic nitrogens is 2. The van der Waals surface area contributed by atoms with Crippen molar-refractivity contribution >= 4 is 23.4 Å². The normalized spacial score (nSPS) is 21.1. The number of halogens is 1. The van der Waals surface area contributed by atoms with E-state index in [1.54, 1.807) is 33.8 Å². The number of hydrogen-bond acceptors (Lipinski definition) is 5. The summed E-state index contributed by atoms with van der Waals surface area (Å²) in [5, 5.41) is 17.4. The molecule has 2 N–H and O–H groups in total. The highest BCUT2D eigenvalue weighted by Gasteiger charge is 2.43. The summed E-state index contributed by atoms with van der Waals surface area (Å²) in [6, 6.07) is 13.1. The van der Waals surface area contributed by atoms with Gasteiger partial charge in [-0.05, 0) is 35.9 Å². The maximum atomic E-state index is 13.0. The van der Waals surface area contributed by atoms with E-state index < -0.39 is 12.1 Å². The number of phenolic OH excluding ortho intramolecular Hbond substituents is 1. The number of benzene rings is 2. The number of piperazine rings is 2. The number of nitrogens with zero attached hydrogens (tertiary/aromatic N) is 4. The number of rotatable bonds is 5. The zero-order valence-corrected chi connectivity index (χ0v) is 18.7. The molecule has 33 heavy (non-hydrogen) atoms. The van der Waals surface area contributed by atoms with Gasteiger partial charge in [-0.1, -0.05) is 29.8 Å². The molecule has 2 amide bonds. The molecule has 0 bridgehead atoms. The lowest BCUT2D eigenvalue weighted by molar-refractivity contribution is -0.153. The molecule has 1 aromatic heterocycles. The molecule has 0 spiro atoms. The van der Waals surface area contributed by atoms with Gasteiger partial charge in [-0.2, -0.15) is 5.10 Å². The van der Waals surface area contributed by atoms with Gasteiger partial charge in [0.15, 0.2) is 0 Å². The number of hydrogen-bond donors (Lipinski definition) is 2. The molecule has 3 heterocycles. The maximum absolute atomic E-state index is 13.0. The molecule has 0 aliphatic carbocycles. The third kappa shape index (κ3) is 4.58. The Kier molecular flexibility index (Phi) is 5.78. The van der Waals surface area contributed by atoms with Crippen LogP contribution in [-0.4, -0.2) is 68.2 Å². The third-order valence-corrected chi connectivity index (χ3v) is 6.39. The lowest BCUT2D eigenvalue weighted by Gasteiger charge is -2.45. The quantitative estimate of drug-likeness (QED) is 0.601. The Labute approximate surface area is 196 Å². The van der Waals surface area contributed by atoms with Crippen LogP contribution in [0.2, 0.25) is 5.02 Å². The van der Waals surface area contributed by atoms with Gasteiger partial charge in [0.2, 0.25) is 11.8 Å². The van der Waals surface area contributed by atoms with E-state index in [9.17, 15) is 14.7 Å². The van der Waals surface area contributed by atoms with Crippen molar-refractivity contribution in [3.63, 3.8) is 0 Å². The number of nitrogens with one attached hydrogen (secondary N) is 1. The van der Waals surface area contributed by atoms with Crippen LogP contribution in [0.3, 0.4) is 0 Å². The standard InChI is InChI=1S/C24H24ClN5O3/c25-18-2-1-3-19(11-18)30-14-17(12-26-30)13-28-8-9-29-22(15-28)23(32)27-21(24(29)33)10-16-4-6-20(31)7-5-16/h1-7,11-12,14,21-22,31H,8-10,13,15H2,(H,27,32)/t21-,22+/m0/s1. The van der Waals surface area contributed by atoms with Crippen molar-refractivity contribution in [2.24, 2.45) is 0 Å². The van der Waals surface area contributed by atoms with Gasteiger partial charge in [0.05, 0.1) is 11.9 Å². The molecule has 2 aliphatic heterocycles. The van der Waals surface area contributed by atoms with Crippen LogP contribution >= 0.6 is 11.6 Å². The van der Waals surface area contributed by atoms with Crippen molar-refractivity contribution in [3.05, 3.63) is 77.1 Å². The summed E-state index contributed by atoms with van der Waals surface area (Å²) in [4.78, 5) is 29.8. The van der Waals surface area contributed by atoms with Crippen LogP contribution in [0.5, 0.6) is 5.75 Å². The second kappa shape index (κ2) is 8.88. The fourth-order valence-electron chi connectivity index (χ4n) is 4.47. The molecule has 2 atom stereocenters. The molecule has 0 radical (unpaired) electrons. The van der Waals surface area contributed by atoms with Crippen LogP contribution in [0, 0.1) is 0 Å². The fraction of sp³-hybridized carbons (Fsp3) is 0.292. The third-order valence-electron chi connectivity index (χ3n) is 6.16. The van der Waals surface area contributed by atoms with Crippen LogP contribution in [0.1, 0.15) is 11.1 Å². The lowest BCUT2D eigenvalue weighted by atomic mass is 9.98. The number of carbonyl (C=O) groups excluding carboxylic acids is 2. The summed E-state index contributed by atoms with van der Waals surface area (Å²) in [6.07, 6.45) is 4.17. The Hall–Kier alpha value is -3.36. The highest BCUT2D eigenvalue weighted by atomic mass is 35.5. The summed E-state index contributed by atoms with van der Waals surface area (Å²) in [5.41, 5.74) is 2.80. The maximum Gasteiger partial charge on any atom is 0.246 e. The lowest BCUT2D eigenvalue weighted by Crippen LogP contribution is -2.69. The highest BCUT2D eigenvalue weighted by molar-refractivity contribution is 6.30. The minimum Gasteiger partial charge on any atom is -0.508 e. The summed E-state index contributed by atoms with van der Waals surface area (Å²) >= 11 is 6.08. The van der Waals surface area contributed by atoms with Gasteiger partial charge in [0, 0.05) is 49.4 Å². The first-order valence-corrected chi connectivity index (χ1v) is 11.2. The number of amides is 2. The molecule has 170 valence electrons. The van der Waals surface area contributed by atoms with Gasteiger partial charge in [0.1, 0.15) is 17.8 Å². The van der Waals surface area contributed by atoms with Crippen LogP contribution < -0.4 is 5.32 Å². The minimum atomic E-state index is -0.583. The smallest absolute Gasteiger partial charge is 0.246 e. The molecule has 8 nitrogen and oxygen atoms in total. The molecule has 5 rings (SSSR count). The molecule has 2 fully saturated rings. The van der Waals surface area contributed by atoms with Gasteiger partial charge in [-0.25, -0.2) is 4.68 Å². The topological polar surface area (TPSA) is 90.7 Å². The predicted molar refractivity (Wildman–Crippen MR) is 123 cm³/mol. The number of phenols is 1. The Bertz CT molecular complexity index is 1180. The first kappa shape index (κ1) is 21.5. The summed E-state index contributed by atoms with van der Waals surface area (Å²) in [5.74, 6) is -0.00847. The Morgan fingerprint density at radius 3 is 2.70 bits per heavy atom. The van der Waals surface area contributed by atoms with E-state index >= 15 is 0 Å². The summed E-state index contributed by atoms with van der Waals surface area (Å²) in [7, 11) is 0. The predicted octanol–water partition coefficient (Wildman–Crippen LogP) is 1.99. The summed E-state index contributed by atoms with van der Waals surface area (Å²) in [6.45, 7) is 2.31. The zero-order valence-electron chi connectivity index (χ0n) is 17.9. The van der Waals surface area contributed by atoms with Gasteiger partial charge < -0.3 is 15.3 Å². The Morgan fingerprint density at radius 2 is 1.91 bits per heavy atom. The molecule has 0 unspecified atom stereocenters. The van der Waals surface area contributed by atoms with Crippen molar-refractivity contribution in [1.29, 1.82) is 0 Å². The van der Waals surface area contributed by atoms with Crippen molar-refractivity contribution in [2.75, 3.05) is 19.6 Å². The molecular weight excluding hydrogens is 442 g/mol. The van der Waals surface area contributed by atoms with Crippen LogP contribution in [0.4, 0.5) is 0 Å². The molecular formula is C24H24ClN5O3. The molecule has 2 aliphatic rings. The van der Waals surface area contributed by atoms with Gasteiger partial charge in [-0.15, -0.1) is 0 Å². The summed E-state index contributed by atoms with van der Waals surface area (Å²) < 4.78 is 1.78. The van der Waals surface area contributed by atoms with E-state index in [1.165, 1.54) is 0 Å². The van der Waals surface area contributed by atoms with Gasteiger partial charge >= 0.3 is 0 Å². The number of fused-ring (bicyclic) bond motifs is 1. The average molecular weight is 466 g/mol. The molecule has 2 aromatic carbocycles. The molecule has 9 heteroatoms. The van der Waals surface area contributed by atoms with E-state index in [4.69, 9.17) is 11.6 Å². The van der Waals surface area contributed by atoms with Crippen LogP contribution in [0.15, 0.2) is 60.9 Å². The largest absolute Gasteiger partial charge is 0.508 e. The second-order valence-corrected chi connectivity index (χ2v) is 8.92. The van der Waals surface area contributed by atoms with Crippen molar-refractivity contribution < 1.29 is 14.7 Å². The first-order chi connectivity index (χ1) is 16.0. The van der Waals surface area contributed by atoms with E-state index in [1.807, 2.05) is 36.7 Å². The molecule has 0 saturated carbocycles. The van der Waals surface area contributed by atoms with Crippen LogP contribution in [0.25, 0.3) is 5.69 Å². The average Bonchev–Trinajstić information content (AvgIpc) is 3.27. The zero-order chi connectivity index (χ0) is 22.9. The van der Waals surface area contributed by atoms with Crippen molar-refractivity contribution in [2.45, 2.75) is 25.0 Å². The Balaban J connectivity index is 1.22. The SMILES string of the molecule is O=C1N[C@@H](Cc2ccc(O)cc2)C(=O)N2CCN(Cc3cnn(-c4cccc(Cl)c4)c3)C[C@H]12. The van der Waals surface area contributed by atoms with Crippen molar-refractivity contribution in [3.8, 4) is 11.4 Å². The Morgan fingerprint density at radius 1 is 1.09 bits per heavy atom. The molecule has 3 aromatic rings. The van der Waals surface area contributed by atoms with E-state index in [-0.39, 0.29) is 17.6 Å². The number of carbonyl (C=O) groups is 2. The van der Waals surface area contributed by atoms with Crippen molar-refractivity contribution in [1.82, 2.24) is 24.9 Å². The fourth-order valence-corrected chi connectivity index (χ4v) is 4.65. The monoisotopic (exact) mass is 465 g/mol. The first-order valence-electron chi connectivity index (χ1n) is 10.9. The minimum absolute atomic E-state index is 0.0545. The van der Waals surface area contributed by atoms with Gasteiger partial charge in [0.25, 0.3) is 0 Å². The second-order valence-electron chi connectivity index (χ2n) is 8.49. The van der Waals surface area contributed by atoms with E-state index in [0.717, 1.165) is 16.8 Å². The highest BCUT2D eigenvalue weighted by Crippen LogP contribution is 2.21.